The third kappa shape index (κ3) is 28.0. The van der Waals surface area contributed by atoms with Crippen molar-refractivity contribution in [3.8, 4) is 0 Å². The Bertz CT molecular complexity index is 151. The van der Waals surface area contributed by atoms with Gasteiger partial charge in [-0.1, -0.05) is 26.7 Å². The number of ether oxygens (including phenoxy) is 4. The van der Waals surface area contributed by atoms with Crippen LogP contribution in [0.25, 0.3) is 0 Å². The van der Waals surface area contributed by atoms with Crippen molar-refractivity contribution < 1.29 is 29.2 Å². The quantitative estimate of drug-likeness (QED) is 0.420. The van der Waals surface area contributed by atoms with Crippen LogP contribution in [0.3, 0.4) is 0 Å². The fourth-order valence-electron chi connectivity index (χ4n) is 1.27. The normalized spacial score (nSPS) is 10.4. The van der Waals surface area contributed by atoms with Gasteiger partial charge < -0.3 is 29.2 Å². The number of unbranched alkanes of at least 4 members (excludes halogenated alkanes) is 2. The van der Waals surface area contributed by atoms with Gasteiger partial charge in [-0.15, -0.1) is 0 Å². The highest BCUT2D eigenvalue weighted by Gasteiger charge is 1.90. The van der Waals surface area contributed by atoms with E-state index in [2.05, 4.69) is 13.8 Å². The fourth-order valence-corrected chi connectivity index (χ4v) is 1.27. The number of hydrogen-bond acceptors (Lipinski definition) is 6. The smallest absolute Gasteiger partial charge is 0.0701 e. The molecule has 0 saturated carbocycles. The lowest BCUT2D eigenvalue weighted by atomic mass is 10.4. The first-order valence-corrected chi connectivity index (χ1v) is 8.36. The second kappa shape index (κ2) is 25.7. The van der Waals surface area contributed by atoms with E-state index in [1.54, 1.807) is 0 Å². The molecule has 0 aliphatic rings. The molecule has 0 aromatic rings. The molecular formula is C16H36O6. The molecule has 0 bridgehead atoms. The maximum atomic E-state index is 8.40. The lowest BCUT2D eigenvalue weighted by Crippen LogP contribution is -2.11. The molecule has 0 heterocycles. The summed E-state index contributed by atoms with van der Waals surface area (Å²) in [7, 11) is 0. The van der Waals surface area contributed by atoms with Crippen LogP contribution in [-0.2, 0) is 18.9 Å². The highest BCUT2D eigenvalue weighted by atomic mass is 16.5. The highest BCUT2D eigenvalue weighted by molar-refractivity contribution is 4.35. The molecule has 0 fully saturated rings. The van der Waals surface area contributed by atoms with Crippen molar-refractivity contribution in [3.05, 3.63) is 0 Å². The van der Waals surface area contributed by atoms with Crippen molar-refractivity contribution in [2.45, 2.75) is 39.5 Å². The van der Waals surface area contributed by atoms with E-state index < -0.39 is 0 Å². The van der Waals surface area contributed by atoms with Crippen LogP contribution < -0.4 is 0 Å². The SMILES string of the molecule is CCCCOCCO.CCCCOCCOCCOCCO. The van der Waals surface area contributed by atoms with E-state index in [0.717, 1.165) is 38.9 Å². The van der Waals surface area contributed by atoms with Gasteiger partial charge in [-0.3, -0.25) is 0 Å². The molecule has 0 radical (unpaired) electrons. The summed E-state index contributed by atoms with van der Waals surface area (Å²) in [6, 6.07) is 0. The first kappa shape index (κ1) is 24.0. The zero-order chi connectivity index (χ0) is 16.7. The molecule has 6 nitrogen and oxygen atoms in total. The average Bonchev–Trinajstić information content (AvgIpc) is 2.54. The Morgan fingerprint density at radius 3 is 1.18 bits per heavy atom. The summed E-state index contributed by atoms with van der Waals surface area (Å²) in [4.78, 5) is 0. The van der Waals surface area contributed by atoms with Crippen LogP contribution in [0, 0.1) is 0 Å². The Hall–Kier alpha value is -0.240. The highest BCUT2D eigenvalue weighted by Crippen LogP contribution is 1.88. The summed E-state index contributed by atoms with van der Waals surface area (Å²) in [5, 5.41) is 16.6. The van der Waals surface area contributed by atoms with Crippen LogP contribution >= 0.6 is 0 Å². The Morgan fingerprint density at radius 2 is 0.818 bits per heavy atom. The Kier molecular flexibility index (Phi) is 28.1. The van der Waals surface area contributed by atoms with Crippen LogP contribution in [-0.4, -0.2) is 76.3 Å². The second-order valence-electron chi connectivity index (χ2n) is 4.60. The number of aliphatic hydroxyl groups is 2. The number of rotatable bonds is 16. The third-order valence-electron chi connectivity index (χ3n) is 2.50. The summed E-state index contributed by atoms with van der Waals surface area (Å²) >= 11 is 0. The molecule has 0 aromatic heterocycles. The van der Waals surface area contributed by atoms with E-state index in [4.69, 9.17) is 29.2 Å². The molecular weight excluding hydrogens is 288 g/mol. The summed E-state index contributed by atoms with van der Waals surface area (Å²) in [5.41, 5.74) is 0. The van der Waals surface area contributed by atoms with Gasteiger partial charge in [-0.05, 0) is 12.8 Å². The minimum Gasteiger partial charge on any atom is -0.394 e. The van der Waals surface area contributed by atoms with Gasteiger partial charge in [0, 0.05) is 13.2 Å². The molecule has 2 N–H and O–H groups in total. The predicted molar refractivity (Wildman–Crippen MR) is 87.3 cm³/mol. The van der Waals surface area contributed by atoms with E-state index in [1.807, 2.05) is 0 Å². The van der Waals surface area contributed by atoms with Gasteiger partial charge in [-0.25, -0.2) is 0 Å². The molecule has 0 saturated heterocycles. The zero-order valence-corrected chi connectivity index (χ0v) is 14.4. The molecule has 0 rings (SSSR count). The van der Waals surface area contributed by atoms with Crippen molar-refractivity contribution in [1.82, 2.24) is 0 Å². The van der Waals surface area contributed by atoms with E-state index in [0.29, 0.717) is 39.6 Å². The molecule has 0 spiro atoms. The minimum atomic E-state index is 0.0696. The average molecular weight is 324 g/mol. The Balaban J connectivity index is 0. The van der Waals surface area contributed by atoms with Gasteiger partial charge in [0.1, 0.15) is 0 Å². The lowest BCUT2D eigenvalue weighted by Gasteiger charge is -2.05. The summed E-state index contributed by atoms with van der Waals surface area (Å²) in [5.74, 6) is 0. The molecule has 136 valence electrons. The first-order valence-electron chi connectivity index (χ1n) is 8.36. The van der Waals surface area contributed by atoms with Crippen molar-refractivity contribution >= 4 is 0 Å². The molecule has 0 aliphatic carbocycles. The Morgan fingerprint density at radius 1 is 0.500 bits per heavy atom. The fraction of sp³-hybridized carbons (Fsp3) is 1.00. The molecule has 0 unspecified atom stereocenters. The van der Waals surface area contributed by atoms with E-state index in [-0.39, 0.29) is 13.2 Å². The Labute approximate surface area is 135 Å². The van der Waals surface area contributed by atoms with E-state index in [1.165, 1.54) is 0 Å². The summed E-state index contributed by atoms with van der Waals surface area (Å²) in [6.07, 6.45) is 4.53. The largest absolute Gasteiger partial charge is 0.394 e. The van der Waals surface area contributed by atoms with Gasteiger partial charge >= 0.3 is 0 Å². The van der Waals surface area contributed by atoms with Crippen molar-refractivity contribution in [2.24, 2.45) is 0 Å². The third-order valence-corrected chi connectivity index (χ3v) is 2.50. The molecule has 0 aliphatic heterocycles. The van der Waals surface area contributed by atoms with Crippen molar-refractivity contribution in [2.75, 3.05) is 66.1 Å². The first-order chi connectivity index (χ1) is 10.8. The van der Waals surface area contributed by atoms with E-state index >= 15 is 0 Å². The molecule has 0 atom stereocenters. The van der Waals surface area contributed by atoms with Crippen LogP contribution in [0.4, 0.5) is 0 Å². The van der Waals surface area contributed by atoms with Gasteiger partial charge in [0.05, 0.1) is 52.9 Å². The van der Waals surface area contributed by atoms with Crippen LogP contribution in [0.5, 0.6) is 0 Å². The van der Waals surface area contributed by atoms with Crippen molar-refractivity contribution in [1.29, 1.82) is 0 Å². The topological polar surface area (TPSA) is 77.4 Å². The summed E-state index contributed by atoms with van der Waals surface area (Å²) in [6.45, 7) is 9.32. The maximum Gasteiger partial charge on any atom is 0.0701 e. The van der Waals surface area contributed by atoms with Crippen LogP contribution in [0.2, 0.25) is 0 Å². The number of aliphatic hydroxyl groups excluding tert-OH is 2. The molecule has 0 amide bonds. The van der Waals surface area contributed by atoms with Crippen LogP contribution in [0.15, 0.2) is 0 Å². The predicted octanol–water partition coefficient (Wildman–Crippen LogP) is 1.62. The minimum absolute atomic E-state index is 0.0696. The monoisotopic (exact) mass is 324 g/mol. The molecule has 6 heteroatoms. The second-order valence-corrected chi connectivity index (χ2v) is 4.60. The van der Waals surface area contributed by atoms with E-state index in [9.17, 15) is 0 Å². The zero-order valence-electron chi connectivity index (χ0n) is 14.4. The van der Waals surface area contributed by atoms with Gasteiger partial charge in [0.15, 0.2) is 0 Å². The number of hydrogen-bond donors (Lipinski definition) is 2. The van der Waals surface area contributed by atoms with Gasteiger partial charge in [0.2, 0.25) is 0 Å². The maximum absolute atomic E-state index is 8.40. The lowest BCUT2D eigenvalue weighted by molar-refractivity contribution is 0.00735. The summed E-state index contributed by atoms with van der Waals surface area (Å²) < 4.78 is 20.5. The molecule has 22 heavy (non-hydrogen) atoms. The standard InChI is InChI=1S/C10H22O4.C6H14O2/c1-2-3-5-12-7-9-14-10-8-13-6-4-11;1-2-3-5-8-6-4-7/h11H,2-10H2,1H3;7H,2-6H2,1H3. The molecule has 0 aromatic carbocycles. The van der Waals surface area contributed by atoms with Crippen LogP contribution in [0.1, 0.15) is 39.5 Å². The van der Waals surface area contributed by atoms with Gasteiger partial charge in [0.25, 0.3) is 0 Å². The van der Waals surface area contributed by atoms with Gasteiger partial charge in [-0.2, -0.15) is 0 Å². The van der Waals surface area contributed by atoms with Crippen molar-refractivity contribution in [3.63, 3.8) is 0 Å².